The molecule has 1 aromatic heterocycles. The number of halogens is 1. The van der Waals surface area contributed by atoms with Crippen LogP contribution in [0.4, 0.5) is 10.1 Å². The van der Waals surface area contributed by atoms with Crippen molar-refractivity contribution in [2.45, 2.75) is 13.0 Å². The number of hydrogen-bond donors (Lipinski definition) is 0. The van der Waals surface area contributed by atoms with Crippen LogP contribution in [-0.4, -0.2) is 37.5 Å². The maximum Gasteiger partial charge on any atom is 0.295 e. The van der Waals surface area contributed by atoms with Gasteiger partial charge in [0.05, 0.1) is 11.0 Å². The van der Waals surface area contributed by atoms with Crippen LogP contribution in [0.3, 0.4) is 0 Å². The van der Waals surface area contributed by atoms with Crippen LogP contribution in [0, 0.1) is 15.9 Å². The van der Waals surface area contributed by atoms with Crippen molar-refractivity contribution in [2.24, 2.45) is 0 Å². The number of carbonyl (C=O) groups is 1. The molecule has 0 saturated carbocycles. The first kappa shape index (κ1) is 18.2. The Labute approximate surface area is 154 Å². The van der Waals surface area contributed by atoms with Gasteiger partial charge in [-0.1, -0.05) is 12.1 Å². The first-order valence-corrected chi connectivity index (χ1v) is 8.04. The van der Waals surface area contributed by atoms with E-state index in [9.17, 15) is 19.3 Å². The summed E-state index contributed by atoms with van der Waals surface area (Å²) in [5.74, 6) is -0.751. The van der Waals surface area contributed by atoms with Gasteiger partial charge in [0, 0.05) is 18.7 Å². The first-order chi connectivity index (χ1) is 12.9. The van der Waals surface area contributed by atoms with Crippen molar-refractivity contribution in [3.63, 3.8) is 0 Å². The molecule has 9 heteroatoms. The van der Waals surface area contributed by atoms with Crippen LogP contribution >= 0.6 is 0 Å². The molecule has 1 amide bonds. The minimum absolute atomic E-state index is 0.169. The maximum absolute atomic E-state index is 13.1. The monoisotopic (exact) mass is 369 g/mol. The van der Waals surface area contributed by atoms with Crippen LogP contribution in [0.25, 0.3) is 5.69 Å². The zero-order chi connectivity index (χ0) is 19.6. The van der Waals surface area contributed by atoms with E-state index in [1.807, 2.05) is 0 Å². The molecule has 2 aromatic carbocycles. The fraction of sp³-hybridized carbons (Fsp3) is 0.167. The third kappa shape index (κ3) is 3.66. The lowest BCUT2D eigenvalue weighted by Gasteiger charge is -2.25. The Kier molecular flexibility index (Phi) is 4.93. The van der Waals surface area contributed by atoms with Crippen molar-refractivity contribution >= 4 is 11.6 Å². The smallest absolute Gasteiger partial charge is 0.295 e. The minimum Gasteiger partial charge on any atom is -0.335 e. The number of nitro groups is 1. The summed E-state index contributed by atoms with van der Waals surface area (Å²) >= 11 is 0. The van der Waals surface area contributed by atoms with Crippen molar-refractivity contribution < 1.29 is 14.1 Å². The fourth-order valence-corrected chi connectivity index (χ4v) is 2.67. The van der Waals surface area contributed by atoms with Crippen LogP contribution in [0.2, 0.25) is 0 Å². The predicted octanol–water partition coefficient (Wildman–Crippen LogP) is 3.15. The molecule has 0 aliphatic heterocycles. The lowest BCUT2D eigenvalue weighted by Crippen LogP contribution is -2.29. The van der Waals surface area contributed by atoms with E-state index in [4.69, 9.17) is 0 Å². The molecular weight excluding hydrogens is 353 g/mol. The minimum atomic E-state index is -0.572. The SMILES string of the molecule is C[C@H](c1ccc(F)cc1)N(C)C(=O)c1ccc(-n2cncn2)c([N+](=O)[O-])c1. The summed E-state index contributed by atoms with van der Waals surface area (Å²) in [7, 11) is 1.59. The van der Waals surface area contributed by atoms with Crippen LogP contribution in [0.15, 0.2) is 55.1 Å². The molecule has 8 nitrogen and oxygen atoms in total. The van der Waals surface area contributed by atoms with Crippen LogP contribution in [-0.2, 0) is 0 Å². The average Bonchev–Trinajstić information content (AvgIpc) is 3.21. The number of amides is 1. The highest BCUT2D eigenvalue weighted by atomic mass is 19.1. The van der Waals surface area contributed by atoms with Gasteiger partial charge in [-0.25, -0.2) is 14.1 Å². The second-order valence-electron chi connectivity index (χ2n) is 5.94. The number of nitro benzene ring substituents is 1. The van der Waals surface area contributed by atoms with Crippen molar-refractivity contribution in [1.29, 1.82) is 0 Å². The van der Waals surface area contributed by atoms with Gasteiger partial charge in [0.25, 0.3) is 11.6 Å². The molecule has 0 fully saturated rings. The van der Waals surface area contributed by atoms with Crippen molar-refractivity contribution in [2.75, 3.05) is 7.05 Å². The maximum atomic E-state index is 13.1. The standard InChI is InChI=1S/C18H16FN5O3/c1-12(13-3-6-15(19)7-4-13)22(2)18(25)14-5-8-16(17(9-14)24(26)27)23-11-20-10-21-23/h3-12H,1-2H3/t12-/m1/s1. The Hall–Kier alpha value is -3.62. The van der Waals surface area contributed by atoms with Gasteiger partial charge in [-0.3, -0.25) is 14.9 Å². The number of nitrogens with zero attached hydrogens (tertiary/aromatic N) is 5. The average molecular weight is 369 g/mol. The van der Waals surface area contributed by atoms with E-state index < -0.39 is 4.92 Å². The topological polar surface area (TPSA) is 94.2 Å². The molecule has 1 atom stereocenters. The zero-order valence-electron chi connectivity index (χ0n) is 14.6. The van der Waals surface area contributed by atoms with Gasteiger partial charge in [0.2, 0.25) is 0 Å². The number of carbonyl (C=O) groups excluding carboxylic acids is 1. The van der Waals surface area contributed by atoms with Gasteiger partial charge in [-0.05, 0) is 36.8 Å². The van der Waals surface area contributed by atoms with Gasteiger partial charge in [-0.15, -0.1) is 0 Å². The van der Waals surface area contributed by atoms with Crippen molar-refractivity contribution in [3.8, 4) is 5.69 Å². The van der Waals surface area contributed by atoms with Gasteiger partial charge in [-0.2, -0.15) is 5.10 Å². The molecule has 0 aliphatic carbocycles. The number of hydrogen-bond acceptors (Lipinski definition) is 5. The van der Waals surface area contributed by atoms with Crippen LogP contribution in [0.1, 0.15) is 28.9 Å². The lowest BCUT2D eigenvalue weighted by atomic mass is 10.1. The van der Waals surface area contributed by atoms with Gasteiger partial charge in [0.15, 0.2) is 0 Å². The Morgan fingerprint density at radius 1 is 1.26 bits per heavy atom. The third-order valence-corrected chi connectivity index (χ3v) is 4.34. The number of benzene rings is 2. The summed E-state index contributed by atoms with van der Waals surface area (Å²) in [6, 6.07) is 9.67. The van der Waals surface area contributed by atoms with E-state index in [1.165, 1.54) is 52.6 Å². The molecule has 1 heterocycles. The van der Waals surface area contributed by atoms with E-state index in [0.29, 0.717) is 0 Å². The number of aromatic nitrogens is 3. The Balaban J connectivity index is 1.91. The Morgan fingerprint density at radius 3 is 2.56 bits per heavy atom. The van der Waals surface area contributed by atoms with Gasteiger partial charge < -0.3 is 4.90 Å². The van der Waals surface area contributed by atoms with E-state index in [0.717, 1.165) is 5.56 Å². The second kappa shape index (κ2) is 7.32. The first-order valence-electron chi connectivity index (χ1n) is 8.04. The molecular formula is C18H16FN5O3. The quantitative estimate of drug-likeness (QED) is 0.509. The zero-order valence-corrected chi connectivity index (χ0v) is 14.6. The second-order valence-corrected chi connectivity index (χ2v) is 5.94. The van der Waals surface area contributed by atoms with E-state index in [1.54, 1.807) is 26.1 Å². The van der Waals surface area contributed by atoms with Crippen molar-refractivity contribution in [3.05, 3.63) is 82.2 Å². The van der Waals surface area contributed by atoms with Crippen LogP contribution < -0.4 is 0 Å². The Morgan fingerprint density at radius 2 is 1.96 bits per heavy atom. The molecule has 3 aromatic rings. The molecule has 0 radical (unpaired) electrons. The molecule has 27 heavy (non-hydrogen) atoms. The summed E-state index contributed by atoms with van der Waals surface area (Å²) in [6.07, 6.45) is 2.60. The molecule has 0 bridgehead atoms. The van der Waals surface area contributed by atoms with E-state index >= 15 is 0 Å². The molecule has 0 spiro atoms. The highest BCUT2D eigenvalue weighted by Gasteiger charge is 2.23. The summed E-state index contributed by atoms with van der Waals surface area (Å²) in [4.78, 5) is 28.9. The molecule has 138 valence electrons. The highest BCUT2D eigenvalue weighted by Crippen LogP contribution is 2.26. The van der Waals surface area contributed by atoms with Gasteiger partial charge >= 0.3 is 0 Å². The molecule has 0 saturated heterocycles. The van der Waals surface area contributed by atoms with Crippen LogP contribution in [0.5, 0.6) is 0 Å². The fourth-order valence-electron chi connectivity index (χ4n) is 2.67. The Bertz CT molecular complexity index is 973. The summed E-state index contributed by atoms with van der Waals surface area (Å²) in [5, 5.41) is 15.3. The number of rotatable bonds is 5. The normalized spacial score (nSPS) is 11.8. The van der Waals surface area contributed by atoms with Gasteiger partial charge in [0.1, 0.15) is 24.2 Å². The third-order valence-electron chi connectivity index (χ3n) is 4.34. The molecule has 0 unspecified atom stereocenters. The lowest BCUT2D eigenvalue weighted by molar-refractivity contribution is -0.384. The molecule has 3 rings (SSSR count). The molecule has 0 N–H and O–H groups in total. The van der Waals surface area contributed by atoms with E-state index in [-0.39, 0.29) is 34.7 Å². The summed E-state index contributed by atoms with van der Waals surface area (Å²) < 4.78 is 14.4. The van der Waals surface area contributed by atoms with E-state index in [2.05, 4.69) is 10.1 Å². The highest BCUT2D eigenvalue weighted by molar-refractivity contribution is 5.95. The molecule has 0 aliphatic rings. The predicted molar refractivity (Wildman–Crippen MR) is 94.9 cm³/mol. The summed E-state index contributed by atoms with van der Waals surface area (Å²) in [5.41, 5.74) is 0.875. The summed E-state index contributed by atoms with van der Waals surface area (Å²) in [6.45, 7) is 1.79. The van der Waals surface area contributed by atoms with Crippen molar-refractivity contribution in [1.82, 2.24) is 19.7 Å². The largest absolute Gasteiger partial charge is 0.335 e.